The van der Waals surface area contributed by atoms with Gasteiger partial charge in [-0.1, -0.05) is 6.08 Å². The number of carbonyl (C=O) groups excluding carboxylic acids is 2. The molecule has 0 unspecified atom stereocenters. The standard InChI is InChI=1S/C12H17NO4/c1-8-11(6-5-7-12(8)16-4)13(9(2)14)17-10(3)15/h6H,5,7H2,1-4H3. The number of amides is 1. The van der Waals surface area contributed by atoms with Crippen LogP contribution >= 0.6 is 0 Å². The number of carbonyl (C=O) groups is 2. The summed E-state index contributed by atoms with van der Waals surface area (Å²) in [4.78, 5) is 27.3. The molecule has 0 bridgehead atoms. The highest BCUT2D eigenvalue weighted by Crippen LogP contribution is 2.28. The zero-order valence-corrected chi connectivity index (χ0v) is 10.6. The van der Waals surface area contributed by atoms with Crippen LogP contribution in [0.1, 0.15) is 33.6 Å². The van der Waals surface area contributed by atoms with Gasteiger partial charge in [0.25, 0.3) is 5.91 Å². The molecule has 0 spiro atoms. The van der Waals surface area contributed by atoms with E-state index >= 15 is 0 Å². The summed E-state index contributed by atoms with van der Waals surface area (Å²) in [7, 11) is 1.59. The van der Waals surface area contributed by atoms with E-state index in [9.17, 15) is 9.59 Å². The third kappa shape index (κ3) is 3.09. The predicted octanol–water partition coefficient (Wildman–Crippen LogP) is 1.91. The SMILES string of the molecule is COC1=C(C)C(N(OC(C)=O)C(C)=O)=CCC1. The van der Waals surface area contributed by atoms with E-state index in [1.54, 1.807) is 7.11 Å². The third-order valence-electron chi connectivity index (χ3n) is 2.48. The minimum absolute atomic E-state index is 0.344. The lowest BCUT2D eigenvalue weighted by Gasteiger charge is -2.26. The highest BCUT2D eigenvalue weighted by molar-refractivity contribution is 5.77. The van der Waals surface area contributed by atoms with Crippen LogP contribution in [0.2, 0.25) is 0 Å². The average Bonchev–Trinajstić information content (AvgIpc) is 2.26. The van der Waals surface area contributed by atoms with Crippen LogP contribution in [0, 0.1) is 0 Å². The Morgan fingerprint density at radius 2 is 2.00 bits per heavy atom. The second-order valence-corrected chi connectivity index (χ2v) is 3.78. The maximum atomic E-state index is 11.5. The first kappa shape index (κ1) is 13.3. The summed E-state index contributed by atoms with van der Waals surface area (Å²) in [5.41, 5.74) is 1.39. The molecule has 0 saturated carbocycles. The number of hydrogen-bond donors (Lipinski definition) is 0. The molecule has 5 nitrogen and oxygen atoms in total. The van der Waals surface area contributed by atoms with Gasteiger partial charge in [0.2, 0.25) is 0 Å². The number of rotatable bonds is 2. The molecule has 1 rings (SSSR count). The van der Waals surface area contributed by atoms with Gasteiger partial charge in [0.15, 0.2) is 0 Å². The zero-order valence-electron chi connectivity index (χ0n) is 10.6. The number of allylic oxidation sites excluding steroid dienone is 3. The van der Waals surface area contributed by atoms with Crippen molar-refractivity contribution in [3.63, 3.8) is 0 Å². The maximum Gasteiger partial charge on any atom is 0.330 e. The highest BCUT2D eigenvalue weighted by Gasteiger charge is 2.24. The molecule has 17 heavy (non-hydrogen) atoms. The van der Waals surface area contributed by atoms with E-state index in [1.165, 1.54) is 13.8 Å². The second kappa shape index (κ2) is 5.52. The molecular formula is C12H17NO4. The van der Waals surface area contributed by atoms with Gasteiger partial charge < -0.3 is 9.57 Å². The fourth-order valence-corrected chi connectivity index (χ4v) is 1.73. The highest BCUT2D eigenvalue weighted by atomic mass is 16.7. The Kier molecular flexibility index (Phi) is 4.31. The summed E-state index contributed by atoms with van der Waals surface area (Å²) in [5.74, 6) is -0.0671. The van der Waals surface area contributed by atoms with E-state index in [2.05, 4.69) is 0 Å². The lowest BCUT2D eigenvalue weighted by atomic mass is 10.0. The van der Waals surface area contributed by atoms with Crippen LogP contribution in [0.3, 0.4) is 0 Å². The van der Waals surface area contributed by atoms with E-state index in [0.717, 1.165) is 29.2 Å². The molecule has 1 aliphatic rings. The number of hydroxylamine groups is 2. The lowest BCUT2D eigenvalue weighted by molar-refractivity contribution is -0.186. The monoisotopic (exact) mass is 239 g/mol. The molecular weight excluding hydrogens is 222 g/mol. The van der Waals surface area contributed by atoms with Crippen LogP contribution in [-0.2, 0) is 19.2 Å². The van der Waals surface area contributed by atoms with Gasteiger partial charge in [0.1, 0.15) is 5.76 Å². The van der Waals surface area contributed by atoms with Crippen molar-refractivity contribution in [3.05, 3.63) is 23.1 Å². The van der Waals surface area contributed by atoms with Crippen molar-refractivity contribution in [1.29, 1.82) is 0 Å². The molecule has 0 aliphatic heterocycles. The molecule has 0 atom stereocenters. The Balaban J connectivity index is 3.03. The third-order valence-corrected chi connectivity index (χ3v) is 2.48. The molecule has 0 aromatic carbocycles. The minimum atomic E-state index is -0.529. The largest absolute Gasteiger partial charge is 0.501 e. The van der Waals surface area contributed by atoms with E-state index in [0.29, 0.717) is 5.70 Å². The van der Waals surface area contributed by atoms with E-state index < -0.39 is 5.97 Å². The smallest absolute Gasteiger partial charge is 0.330 e. The lowest BCUT2D eigenvalue weighted by Crippen LogP contribution is -2.31. The summed E-state index contributed by atoms with van der Waals surface area (Å²) in [5, 5.41) is 1.01. The second-order valence-electron chi connectivity index (χ2n) is 3.78. The molecule has 5 heteroatoms. The fourth-order valence-electron chi connectivity index (χ4n) is 1.73. The number of hydrogen-bond acceptors (Lipinski definition) is 4. The van der Waals surface area contributed by atoms with Gasteiger partial charge >= 0.3 is 5.97 Å². The summed E-state index contributed by atoms with van der Waals surface area (Å²) >= 11 is 0. The van der Waals surface area contributed by atoms with Crippen molar-refractivity contribution in [2.75, 3.05) is 7.11 Å². The van der Waals surface area contributed by atoms with Crippen molar-refractivity contribution < 1.29 is 19.2 Å². The molecule has 0 fully saturated rings. The summed E-state index contributed by atoms with van der Waals surface area (Å²) in [6, 6.07) is 0. The Labute approximate surface area is 101 Å². The summed E-state index contributed by atoms with van der Waals surface area (Å²) < 4.78 is 5.23. The van der Waals surface area contributed by atoms with Crippen LogP contribution in [0.25, 0.3) is 0 Å². The van der Waals surface area contributed by atoms with E-state index in [4.69, 9.17) is 9.57 Å². The zero-order chi connectivity index (χ0) is 13.0. The fraction of sp³-hybridized carbons (Fsp3) is 0.500. The van der Waals surface area contributed by atoms with Crippen molar-refractivity contribution in [3.8, 4) is 0 Å². The van der Waals surface area contributed by atoms with E-state index in [-0.39, 0.29) is 5.91 Å². The number of ether oxygens (including phenoxy) is 1. The van der Waals surface area contributed by atoms with Gasteiger partial charge in [-0.15, -0.1) is 5.06 Å². The summed E-state index contributed by atoms with van der Waals surface area (Å²) in [6.07, 6.45) is 3.40. The Morgan fingerprint density at radius 1 is 1.35 bits per heavy atom. The number of methoxy groups -OCH3 is 1. The van der Waals surface area contributed by atoms with Crippen molar-refractivity contribution >= 4 is 11.9 Å². The van der Waals surface area contributed by atoms with Crippen LogP contribution in [0.4, 0.5) is 0 Å². The van der Waals surface area contributed by atoms with Gasteiger partial charge in [-0.05, 0) is 13.3 Å². The van der Waals surface area contributed by atoms with Gasteiger partial charge in [-0.25, -0.2) is 4.79 Å². The van der Waals surface area contributed by atoms with Crippen LogP contribution in [0.15, 0.2) is 23.1 Å². The van der Waals surface area contributed by atoms with Crippen molar-refractivity contribution in [2.45, 2.75) is 33.6 Å². The van der Waals surface area contributed by atoms with E-state index in [1.807, 2.05) is 13.0 Å². The first-order valence-corrected chi connectivity index (χ1v) is 5.41. The van der Waals surface area contributed by atoms with Gasteiger partial charge in [0.05, 0.1) is 12.8 Å². The molecule has 1 amide bonds. The Morgan fingerprint density at radius 3 is 2.47 bits per heavy atom. The molecule has 94 valence electrons. The molecule has 0 saturated heterocycles. The first-order valence-electron chi connectivity index (χ1n) is 5.41. The quantitative estimate of drug-likeness (QED) is 0.691. The molecule has 0 aromatic rings. The first-order chi connectivity index (χ1) is 7.97. The maximum absolute atomic E-state index is 11.5. The molecule has 1 aliphatic carbocycles. The minimum Gasteiger partial charge on any atom is -0.501 e. The van der Waals surface area contributed by atoms with Gasteiger partial charge in [-0.3, -0.25) is 4.79 Å². The average molecular weight is 239 g/mol. The Bertz CT molecular complexity index is 395. The molecule has 0 radical (unpaired) electrons. The van der Waals surface area contributed by atoms with Gasteiger partial charge in [0, 0.05) is 25.8 Å². The normalized spacial score (nSPS) is 15.2. The van der Waals surface area contributed by atoms with Crippen LogP contribution < -0.4 is 0 Å². The van der Waals surface area contributed by atoms with Crippen LogP contribution in [-0.4, -0.2) is 24.0 Å². The summed E-state index contributed by atoms with van der Waals surface area (Å²) in [6.45, 7) is 4.44. The molecule has 0 heterocycles. The Hall–Kier alpha value is -1.78. The van der Waals surface area contributed by atoms with Crippen molar-refractivity contribution in [2.24, 2.45) is 0 Å². The topological polar surface area (TPSA) is 55.8 Å². The molecule has 0 aromatic heterocycles. The predicted molar refractivity (Wildman–Crippen MR) is 61.3 cm³/mol. The van der Waals surface area contributed by atoms with Gasteiger partial charge in [-0.2, -0.15) is 0 Å². The van der Waals surface area contributed by atoms with Crippen LogP contribution in [0.5, 0.6) is 0 Å². The number of nitrogens with zero attached hydrogens (tertiary/aromatic N) is 1. The van der Waals surface area contributed by atoms with Crippen molar-refractivity contribution in [1.82, 2.24) is 5.06 Å². The molecule has 0 N–H and O–H groups in total.